The number of ether oxygens (including phenoxy) is 1. The second-order valence-electron chi connectivity index (χ2n) is 11.5. The summed E-state index contributed by atoms with van der Waals surface area (Å²) in [5.41, 5.74) is 5.73. The minimum absolute atomic E-state index is 0. The van der Waals surface area contributed by atoms with Crippen LogP contribution >= 0.6 is 61.2 Å². The van der Waals surface area contributed by atoms with Gasteiger partial charge in [-0.3, -0.25) is 4.79 Å². The lowest BCUT2D eigenvalue weighted by Gasteiger charge is -2.31. The fourth-order valence-electron chi connectivity index (χ4n) is 5.06. The molecule has 4 aromatic rings. The summed E-state index contributed by atoms with van der Waals surface area (Å²) in [5.74, 6) is -1.77. The molecule has 2 aromatic carbocycles. The van der Waals surface area contributed by atoms with Crippen molar-refractivity contribution in [3.05, 3.63) is 96.1 Å². The van der Waals surface area contributed by atoms with E-state index < -0.39 is 17.7 Å². The Bertz CT molecular complexity index is 1590. The molecule has 0 N–H and O–H groups in total. The van der Waals surface area contributed by atoms with Crippen molar-refractivity contribution in [3.8, 4) is 11.4 Å². The van der Waals surface area contributed by atoms with Crippen molar-refractivity contribution in [2.45, 2.75) is 58.5 Å². The normalized spacial score (nSPS) is 13.9. The van der Waals surface area contributed by atoms with Crippen molar-refractivity contribution in [1.82, 2.24) is 28.9 Å². The molecule has 0 aliphatic carbocycles. The maximum atomic E-state index is 12.5. The largest absolute Gasteiger partial charge is 0.471 e. The van der Waals surface area contributed by atoms with Crippen molar-refractivity contribution in [3.63, 3.8) is 0 Å². The standard InChI is InChI=1S/C17H21N3O2.C14H12F3N3O.I2.HI/c1-17(2,3)22-16(21)19-8-6-13-10-15(5-4-14(13)11-19)20-9-7-18-12-20;15-14(16,17)13(21)19-5-3-10-7-12(2-1-11(10)8-19)20-6-4-18-9-20;1-2;/h4-5,7,9-10,12H,6,8,11H2,1-3H3;1-2,4,6-7,9H,3,5,8H2;;1H. The number of hydrogen-bond acceptors (Lipinski definition) is 5. The molecule has 0 spiro atoms. The highest BCUT2D eigenvalue weighted by atomic mass is 128. The number of halogens is 6. The van der Waals surface area contributed by atoms with Crippen LogP contribution in [0.25, 0.3) is 11.4 Å². The van der Waals surface area contributed by atoms with Gasteiger partial charge in [-0.25, -0.2) is 14.8 Å². The monoisotopic (exact) mass is 976 g/mol. The SMILES string of the molecule is CC(C)(C)OC(=O)N1CCc2cc(-n3ccnc3)ccc2C1.I.II.O=C(N1CCc2cc(-n3ccnc3)ccc2C1)C(F)(F)F. The van der Waals surface area contributed by atoms with Crippen LogP contribution in [0.3, 0.4) is 0 Å². The molecule has 6 rings (SSSR count). The van der Waals surface area contributed by atoms with Gasteiger partial charge in [-0.05, 0) is 80.1 Å². The van der Waals surface area contributed by atoms with E-state index in [1.165, 1.54) is 11.1 Å². The first-order valence-corrected chi connectivity index (χ1v) is 20.3. The third-order valence-corrected chi connectivity index (χ3v) is 7.19. The van der Waals surface area contributed by atoms with Gasteiger partial charge < -0.3 is 23.7 Å². The van der Waals surface area contributed by atoms with Crippen molar-refractivity contribution in [1.29, 1.82) is 0 Å². The van der Waals surface area contributed by atoms with Gasteiger partial charge in [0.15, 0.2) is 0 Å². The Kier molecular flexibility index (Phi) is 13.7. The Labute approximate surface area is 306 Å². The van der Waals surface area contributed by atoms with Gasteiger partial charge in [-0.1, -0.05) is 12.1 Å². The topological polar surface area (TPSA) is 85.5 Å². The smallest absolute Gasteiger partial charge is 0.444 e. The molecule has 2 amide bonds. The summed E-state index contributed by atoms with van der Waals surface area (Å²) in [7, 11) is 0. The summed E-state index contributed by atoms with van der Waals surface area (Å²) in [5, 5.41) is 0. The first-order chi connectivity index (χ1) is 21.4. The Morgan fingerprint density at radius 1 is 0.761 bits per heavy atom. The van der Waals surface area contributed by atoms with Crippen LogP contribution in [0.2, 0.25) is 0 Å². The minimum Gasteiger partial charge on any atom is -0.444 e. The Morgan fingerprint density at radius 2 is 1.22 bits per heavy atom. The van der Waals surface area contributed by atoms with Crippen molar-refractivity contribution in [2.75, 3.05) is 13.1 Å². The summed E-state index contributed by atoms with van der Waals surface area (Å²) in [6, 6.07) is 11.8. The number of benzene rings is 2. The van der Waals surface area contributed by atoms with E-state index in [1.807, 2.05) is 48.2 Å². The predicted octanol–water partition coefficient (Wildman–Crippen LogP) is 7.87. The molecule has 9 nitrogen and oxygen atoms in total. The lowest BCUT2D eigenvalue weighted by atomic mass is 9.99. The van der Waals surface area contributed by atoms with Crippen LogP contribution < -0.4 is 0 Å². The third-order valence-electron chi connectivity index (χ3n) is 7.19. The number of imidazole rings is 2. The number of amides is 2. The molecule has 248 valence electrons. The Morgan fingerprint density at radius 3 is 1.63 bits per heavy atom. The molecule has 46 heavy (non-hydrogen) atoms. The molecule has 0 fully saturated rings. The number of hydrogen-bond donors (Lipinski definition) is 0. The highest BCUT2D eigenvalue weighted by molar-refractivity contribution is 15.0. The molecule has 0 saturated heterocycles. The van der Waals surface area contributed by atoms with E-state index >= 15 is 0 Å². The molecule has 0 atom stereocenters. The van der Waals surface area contributed by atoms with Crippen LogP contribution in [0.4, 0.5) is 18.0 Å². The van der Waals surface area contributed by atoms with Crippen LogP contribution in [0.15, 0.2) is 73.8 Å². The quantitative estimate of drug-likeness (QED) is 0.191. The number of aromatic nitrogens is 4. The van der Waals surface area contributed by atoms with Gasteiger partial charge in [0.05, 0.1) is 12.7 Å². The first kappa shape index (κ1) is 38.0. The minimum atomic E-state index is -4.81. The number of carbonyl (C=O) groups excluding carboxylic acids is 2. The fourth-order valence-corrected chi connectivity index (χ4v) is 5.06. The zero-order chi connectivity index (χ0) is 32.8. The van der Waals surface area contributed by atoms with Gasteiger partial charge in [0.25, 0.3) is 0 Å². The van der Waals surface area contributed by atoms with Crippen LogP contribution in [0.5, 0.6) is 0 Å². The highest BCUT2D eigenvalue weighted by Gasteiger charge is 2.43. The number of rotatable bonds is 2. The van der Waals surface area contributed by atoms with E-state index in [-0.39, 0.29) is 43.2 Å². The molecule has 2 aromatic heterocycles. The molecule has 2 aliphatic rings. The van der Waals surface area contributed by atoms with Gasteiger partial charge in [0, 0.05) is 99.6 Å². The third kappa shape index (κ3) is 10.0. The van der Waals surface area contributed by atoms with Gasteiger partial charge >= 0.3 is 18.2 Å². The molecule has 2 aliphatic heterocycles. The Hall–Kier alpha value is -2.42. The maximum absolute atomic E-state index is 12.5. The van der Waals surface area contributed by atoms with E-state index in [2.05, 4.69) is 65.4 Å². The number of carbonyl (C=O) groups is 2. The van der Waals surface area contributed by atoms with E-state index in [1.54, 1.807) is 42.2 Å². The van der Waals surface area contributed by atoms with Crippen molar-refractivity contribution in [2.24, 2.45) is 0 Å². The van der Waals surface area contributed by atoms with E-state index in [4.69, 9.17) is 4.74 Å². The molecule has 0 bridgehead atoms. The van der Waals surface area contributed by atoms with Crippen LogP contribution in [-0.4, -0.2) is 65.8 Å². The van der Waals surface area contributed by atoms with Gasteiger partial charge in [-0.15, -0.1) is 24.0 Å². The summed E-state index contributed by atoms with van der Waals surface area (Å²) in [6.07, 6.45) is 6.80. The van der Waals surface area contributed by atoms with E-state index in [9.17, 15) is 22.8 Å². The molecule has 0 unspecified atom stereocenters. The summed E-state index contributed by atoms with van der Waals surface area (Å²) in [4.78, 5) is 34.1. The van der Waals surface area contributed by atoms with Crippen LogP contribution in [0, 0.1) is 0 Å². The van der Waals surface area contributed by atoms with Crippen LogP contribution in [-0.2, 0) is 35.5 Å². The zero-order valence-electron chi connectivity index (χ0n) is 25.4. The average molecular weight is 976 g/mol. The molecule has 0 radical (unpaired) electrons. The number of alkyl halides is 3. The number of fused-ring (bicyclic) bond motifs is 2. The summed E-state index contributed by atoms with van der Waals surface area (Å²) < 4.78 is 46.6. The Balaban J connectivity index is 0.000000233. The van der Waals surface area contributed by atoms with E-state index in [0.717, 1.165) is 33.8 Å². The molecule has 4 heterocycles. The summed E-state index contributed by atoms with van der Waals surface area (Å²) in [6.45, 7) is 7.04. The van der Waals surface area contributed by atoms with Gasteiger partial charge in [0.2, 0.25) is 0 Å². The second-order valence-corrected chi connectivity index (χ2v) is 11.5. The zero-order valence-corrected chi connectivity index (χ0v) is 32.0. The van der Waals surface area contributed by atoms with Gasteiger partial charge in [-0.2, -0.15) is 13.2 Å². The first-order valence-electron chi connectivity index (χ1n) is 14.1. The lowest BCUT2D eigenvalue weighted by molar-refractivity contribution is -0.186. The lowest BCUT2D eigenvalue weighted by Crippen LogP contribution is -2.43. The fraction of sp³-hybridized carbons (Fsp3) is 0.355. The van der Waals surface area contributed by atoms with Gasteiger partial charge in [0.1, 0.15) is 5.60 Å². The highest BCUT2D eigenvalue weighted by Crippen LogP contribution is 2.27. The average Bonchev–Trinajstić information content (AvgIpc) is 3.75. The molecule has 15 heteroatoms. The van der Waals surface area contributed by atoms with E-state index in [0.29, 0.717) is 19.5 Å². The number of nitrogens with zero attached hydrogens (tertiary/aromatic N) is 6. The molecule has 0 saturated carbocycles. The predicted molar refractivity (Wildman–Crippen MR) is 196 cm³/mol. The second kappa shape index (κ2) is 16.6. The molecular weight excluding hydrogens is 942 g/mol. The van der Waals surface area contributed by atoms with Crippen molar-refractivity contribution < 1.29 is 27.5 Å². The van der Waals surface area contributed by atoms with Crippen LogP contribution in [0.1, 0.15) is 43.0 Å². The van der Waals surface area contributed by atoms with Crippen molar-refractivity contribution >= 4 is 73.2 Å². The maximum Gasteiger partial charge on any atom is 0.471 e. The summed E-state index contributed by atoms with van der Waals surface area (Å²) >= 11 is 4.24. The molecular formula is C31H34F3I3N6O3.